The molecular formula is C33H36ClNO4. The minimum atomic E-state index is -0.700. The number of rotatable bonds is 13. The van der Waals surface area contributed by atoms with E-state index in [9.17, 15) is 14.9 Å². The maximum absolute atomic E-state index is 12.7. The molecule has 204 valence electrons. The van der Waals surface area contributed by atoms with E-state index in [1.165, 1.54) is 25.7 Å². The predicted molar refractivity (Wildman–Crippen MR) is 155 cm³/mol. The lowest BCUT2D eigenvalue weighted by molar-refractivity contribution is -0.134. The topological polar surface area (TPSA) is 76.4 Å². The van der Waals surface area contributed by atoms with Gasteiger partial charge in [-0.15, -0.1) is 11.6 Å². The van der Waals surface area contributed by atoms with Gasteiger partial charge in [-0.2, -0.15) is 5.26 Å². The smallest absolute Gasteiger partial charge is 0.343 e. The molecule has 0 saturated heterocycles. The average molecular weight is 546 g/mol. The quantitative estimate of drug-likeness (QED) is 0.0930. The van der Waals surface area contributed by atoms with Gasteiger partial charge in [0.2, 0.25) is 0 Å². The van der Waals surface area contributed by atoms with Crippen LogP contribution in [-0.2, 0) is 11.2 Å². The summed E-state index contributed by atoms with van der Waals surface area (Å²) in [5.74, 6) is -0.162. The largest absolute Gasteiger partial charge is 0.425 e. The molecule has 39 heavy (non-hydrogen) atoms. The summed E-state index contributed by atoms with van der Waals surface area (Å²) in [6, 6.07) is 21.7. The molecule has 0 spiro atoms. The number of nitriles is 1. The Morgan fingerprint density at radius 3 is 1.95 bits per heavy atom. The molecular weight excluding hydrogens is 510 g/mol. The molecule has 0 bridgehead atoms. The number of hydrogen-bond acceptors (Lipinski definition) is 5. The number of benzene rings is 3. The van der Waals surface area contributed by atoms with E-state index < -0.39 is 17.3 Å². The third kappa shape index (κ3) is 8.97. The fourth-order valence-corrected chi connectivity index (χ4v) is 4.21. The Morgan fingerprint density at radius 2 is 1.38 bits per heavy atom. The van der Waals surface area contributed by atoms with Gasteiger partial charge in [-0.25, -0.2) is 4.79 Å². The van der Waals surface area contributed by atoms with Crippen LogP contribution in [0.2, 0.25) is 0 Å². The third-order valence-electron chi connectivity index (χ3n) is 6.55. The summed E-state index contributed by atoms with van der Waals surface area (Å²) < 4.78 is 10.9. The average Bonchev–Trinajstić information content (AvgIpc) is 2.95. The number of nitrogens with zero attached hydrogens (tertiary/aromatic N) is 1. The Bertz CT molecular complexity index is 1280. The van der Waals surface area contributed by atoms with Gasteiger partial charge in [0.1, 0.15) is 16.9 Å². The molecule has 3 rings (SSSR count). The van der Waals surface area contributed by atoms with E-state index in [0.29, 0.717) is 22.6 Å². The number of hydrogen-bond donors (Lipinski definition) is 0. The van der Waals surface area contributed by atoms with Crippen molar-refractivity contribution in [1.29, 1.82) is 5.26 Å². The molecule has 0 aliphatic rings. The number of aryl methyl sites for hydroxylation is 1. The fraction of sp³-hybridized carbons (Fsp3) is 0.364. The first kappa shape index (κ1) is 29.9. The lowest BCUT2D eigenvalue weighted by Crippen LogP contribution is -2.25. The second kappa shape index (κ2) is 15.1. The van der Waals surface area contributed by atoms with Crippen LogP contribution in [0, 0.1) is 17.2 Å². The van der Waals surface area contributed by atoms with Gasteiger partial charge in [0.25, 0.3) is 0 Å². The molecule has 0 N–H and O–H groups in total. The van der Waals surface area contributed by atoms with E-state index in [-0.39, 0.29) is 5.92 Å². The van der Waals surface area contributed by atoms with Crippen LogP contribution in [0.3, 0.4) is 0 Å². The Morgan fingerprint density at radius 1 is 0.821 bits per heavy atom. The van der Waals surface area contributed by atoms with Crippen LogP contribution in [0.25, 0.3) is 11.1 Å². The van der Waals surface area contributed by atoms with Gasteiger partial charge in [0.15, 0.2) is 0 Å². The van der Waals surface area contributed by atoms with Crippen molar-refractivity contribution in [2.45, 2.75) is 71.1 Å². The molecule has 0 aliphatic heterocycles. The van der Waals surface area contributed by atoms with Crippen molar-refractivity contribution in [3.8, 4) is 28.7 Å². The molecule has 0 aromatic heterocycles. The maximum Gasteiger partial charge on any atom is 0.343 e. The molecule has 0 heterocycles. The molecule has 0 amide bonds. The predicted octanol–water partition coefficient (Wildman–Crippen LogP) is 8.52. The summed E-state index contributed by atoms with van der Waals surface area (Å²) in [5, 5.41) is 8.90. The number of halogens is 1. The Kier molecular flexibility index (Phi) is 11.6. The fourth-order valence-electron chi connectivity index (χ4n) is 4.16. The van der Waals surface area contributed by atoms with Crippen molar-refractivity contribution in [1.82, 2.24) is 0 Å². The van der Waals surface area contributed by atoms with Gasteiger partial charge < -0.3 is 9.47 Å². The summed E-state index contributed by atoms with van der Waals surface area (Å²) in [4.78, 5) is 24.8. The molecule has 0 radical (unpaired) electrons. The molecule has 0 fully saturated rings. The Hall–Kier alpha value is -3.62. The van der Waals surface area contributed by atoms with E-state index in [2.05, 4.69) is 13.0 Å². The van der Waals surface area contributed by atoms with Crippen molar-refractivity contribution >= 4 is 23.5 Å². The number of alkyl halides is 1. The van der Waals surface area contributed by atoms with Gasteiger partial charge in [0.05, 0.1) is 17.2 Å². The number of unbranched alkanes of at least 4 members (excludes halogenated alkanes) is 5. The third-order valence-corrected chi connectivity index (χ3v) is 7.23. The molecule has 3 aromatic rings. The van der Waals surface area contributed by atoms with E-state index in [1.807, 2.05) is 44.2 Å². The van der Waals surface area contributed by atoms with Crippen LogP contribution >= 0.6 is 11.6 Å². The van der Waals surface area contributed by atoms with E-state index in [0.717, 1.165) is 36.0 Å². The van der Waals surface area contributed by atoms with Gasteiger partial charge in [-0.05, 0) is 71.8 Å². The van der Waals surface area contributed by atoms with Crippen molar-refractivity contribution in [3.05, 3.63) is 83.4 Å². The molecule has 0 aliphatic carbocycles. The molecule has 1 unspecified atom stereocenters. The van der Waals surface area contributed by atoms with Crippen molar-refractivity contribution in [3.63, 3.8) is 0 Å². The monoisotopic (exact) mass is 545 g/mol. The van der Waals surface area contributed by atoms with Gasteiger partial charge >= 0.3 is 11.9 Å². The zero-order valence-corrected chi connectivity index (χ0v) is 23.7. The summed E-state index contributed by atoms with van der Waals surface area (Å²) in [7, 11) is 0. The number of ether oxygens (including phenoxy) is 2. The first-order valence-corrected chi connectivity index (χ1v) is 14.1. The summed E-state index contributed by atoms with van der Waals surface area (Å²) >= 11 is 6.07. The zero-order valence-electron chi connectivity index (χ0n) is 22.9. The molecule has 5 nitrogen and oxygen atoms in total. The van der Waals surface area contributed by atoms with Crippen LogP contribution in [0.15, 0.2) is 66.7 Å². The zero-order chi connectivity index (χ0) is 28.2. The minimum absolute atomic E-state index is 0.0197. The molecule has 0 saturated carbocycles. The van der Waals surface area contributed by atoms with Crippen LogP contribution in [0.5, 0.6) is 11.5 Å². The summed E-state index contributed by atoms with van der Waals surface area (Å²) in [6.45, 7) is 5.93. The number of esters is 2. The second-order valence-corrected chi connectivity index (χ2v) is 10.5. The number of carbonyl (C=O) groups excluding carboxylic acids is 2. The van der Waals surface area contributed by atoms with Crippen molar-refractivity contribution in [2.75, 3.05) is 0 Å². The van der Waals surface area contributed by atoms with Crippen LogP contribution in [0.1, 0.15) is 80.8 Å². The maximum atomic E-state index is 12.7. The summed E-state index contributed by atoms with van der Waals surface area (Å²) in [6.07, 6.45) is 7.98. The normalized spacial score (nSPS) is 11.6. The van der Waals surface area contributed by atoms with Crippen LogP contribution in [0.4, 0.5) is 0 Å². The van der Waals surface area contributed by atoms with E-state index >= 15 is 0 Å². The molecule has 3 aromatic carbocycles. The Balaban J connectivity index is 1.57. The highest BCUT2D eigenvalue weighted by molar-refractivity contribution is 6.30. The van der Waals surface area contributed by atoms with Gasteiger partial charge in [0, 0.05) is 0 Å². The van der Waals surface area contributed by atoms with Crippen LogP contribution in [-0.4, -0.2) is 17.3 Å². The van der Waals surface area contributed by atoms with Crippen molar-refractivity contribution < 1.29 is 19.1 Å². The SMILES string of the molecule is CCCCCCCCc1ccc(C(=O)Oc2ccc(-c3ccc(OC(=O)C(Cl)C(C)C)cc3)cc2)cc1C#N. The second-order valence-electron chi connectivity index (χ2n) is 10.0. The van der Waals surface area contributed by atoms with Gasteiger partial charge in [-0.3, -0.25) is 4.79 Å². The number of carbonyl (C=O) groups is 2. The van der Waals surface area contributed by atoms with Crippen molar-refractivity contribution in [2.24, 2.45) is 5.92 Å². The molecule has 1 atom stereocenters. The van der Waals surface area contributed by atoms with E-state index in [1.54, 1.807) is 36.4 Å². The first-order chi connectivity index (χ1) is 18.8. The highest BCUT2D eigenvalue weighted by atomic mass is 35.5. The lowest BCUT2D eigenvalue weighted by Gasteiger charge is -2.12. The Labute approximate surface area is 236 Å². The lowest BCUT2D eigenvalue weighted by atomic mass is 9.99. The highest BCUT2D eigenvalue weighted by Crippen LogP contribution is 2.26. The highest BCUT2D eigenvalue weighted by Gasteiger charge is 2.21. The standard InChI is InChI=1S/C33H36ClNO4/c1-4-5-6-7-8-9-10-24-11-12-27(21-28(24)22-35)32(36)38-29-17-13-25(14-18-29)26-15-19-30(20-16-26)39-33(37)31(34)23(2)3/h11-21,23,31H,4-10H2,1-3H3. The summed E-state index contributed by atoms with van der Waals surface area (Å²) in [5.41, 5.74) is 3.67. The molecule has 6 heteroatoms. The van der Waals surface area contributed by atoms with Crippen LogP contribution < -0.4 is 9.47 Å². The first-order valence-electron chi connectivity index (χ1n) is 13.6. The van der Waals surface area contributed by atoms with Gasteiger partial charge in [-0.1, -0.05) is 83.2 Å². The minimum Gasteiger partial charge on any atom is -0.425 e. The van der Waals surface area contributed by atoms with E-state index in [4.69, 9.17) is 21.1 Å².